The molecule has 1 saturated heterocycles. The number of nitrogens with zero attached hydrogens (tertiary/aromatic N) is 3. The minimum absolute atomic E-state index is 0.0579. The average Bonchev–Trinajstić information content (AvgIpc) is 3.04. The molecule has 2 heterocycles. The summed E-state index contributed by atoms with van der Waals surface area (Å²) in [6.07, 6.45) is 2.62. The number of hydrogen-bond donors (Lipinski definition) is 1. The lowest BCUT2D eigenvalue weighted by Gasteiger charge is -2.30. The van der Waals surface area contributed by atoms with Crippen LogP contribution in [0.1, 0.15) is 30.7 Å². The van der Waals surface area contributed by atoms with Crippen molar-refractivity contribution in [1.29, 1.82) is 0 Å². The minimum atomic E-state index is -0.271. The van der Waals surface area contributed by atoms with Crippen molar-refractivity contribution in [3.8, 4) is 11.4 Å². The summed E-state index contributed by atoms with van der Waals surface area (Å²) < 4.78 is 18.5. The fraction of sp³-hybridized carbons (Fsp3) is 0.471. The van der Waals surface area contributed by atoms with Gasteiger partial charge in [0.2, 0.25) is 17.6 Å². The lowest BCUT2D eigenvalue weighted by atomic mass is 10.1. The Balaban J connectivity index is 1.59. The highest BCUT2D eigenvalue weighted by Crippen LogP contribution is 2.19. The second-order valence-corrected chi connectivity index (χ2v) is 6.22. The van der Waals surface area contributed by atoms with Crippen LogP contribution in [0.3, 0.4) is 0 Å². The monoisotopic (exact) mass is 332 g/mol. The Morgan fingerprint density at radius 1 is 1.50 bits per heavy atom. The van der Waals surface area contributed by atoms with E-state index < -0.39 is 0 Å². The summed E-state index contributed by atoms with van der Waals surface area (Å²) in [4.78, 5) is 18.3. The topological polar surface area (TPSA) is 85.2 Å². The Hall–Kier alpha value is -2.28. The Labute approximate surface area is 139 Å². The molecule has 0 bridgehead atoms. The van der Waals surface area contributed by atoms with E-state index in [9.17, 15) is 9.18 Å². The fourth-order valence-electron chi connectivity index (χ4n) is 2.87. The molecule has 1 unspecified atom stereocenters. The van der Waals surface area contributed by atoms with Crippen molar-refractivity contribution >= 4 is 5.91 Å². The van der Waals surface area contributed by atoms with E-state index in [0.29, 0.717) is 42.2 Å². The van der Waals surface area contributed by atoms with Crippen LogP contribution in [0.2, 0.25) is 0 Å². The number of carbonyl (C=O) groups is 1. The zero-order chi connectivity index (χ0) is 17.1. The van der Waals surface area contributed by atoms with E-state index in [1.165, 1.54) is 6.07 Å². The SMILES string of the molecule is Cc1cc(-c2noc(CCC(=O)N3CCCC(N)C3)n2)ccc1F. The van der Waals surface area contributed by atoms with E-state index in [-0.39, 0.29) is 17.8 Å². The number of benzene rings is 1. The first-order valence-corrected chi connectivity index (χ1v) is 8.15. The van der Waals surface area contributed by atoms with Crippen molar-refractivity contribution < 1.29 is 13.7 Å². The van der Waals surface area contributed by atoms with E-state index >= 15 is 0 Å². The van der Waals surface area contributed by atoms with Crippen LogP contribution in [-0.4, -0.2) is 40.1 Å². The maximum absolute atomic E-state index is 13.3. The number of hydrogen-bond acceptors (Lipinski definition) is 5. The van der Waals surface area contributed by atoms with Crippen molar-refractivity contribution in [3.05, 3.63) is 35.5 Å². The summed E-state index contributed by atoms with van der Waals surface area (Å²) in [6, 6.07) is 4.73. The average molecular weight is 332 g/mol. The lowest BCUT2D eigenvalue weighted by molar-refractivity contribution is -0.132. The van der Waals surface area contributed by atoms with Crippen LogP contribution < -0.4 is 5.73 Å². The summed E-state index contributed by atoms with van der Waals surface area (Å²) in [5, 5.41) is 3.91. The molecule has 0 aliphatic carbocycles. The molecule has 6 nitrogen and oxygen atoms in total. The normalized spacial score (nSPS) is 18.0. The van der Waals surface area contributed by atoms with Gasteiger partial charge in [-0.15, -0.1) is 0 Å². The van der Waals surface area contributed by atoms with Crippen LogP contribution >= 0.6 is 0 Å². The lowest BCUT2D eigenvalue weighted by Crippen LogP contribution is -2.45. The molecule has 0 spiro atoms. The van der Waals surface area contributed by atoms with Crippen LogP contribution in [0.15, 0.2) is 22.7 Å². The molecule has 0 saturated carbocycles. The first-order chi connectivity index (χ1) is 11.5. The summed E-state index contributed by atoms with van der Waals surface area (Å²) in [5.41, 5.74) is 7.11. The van der Waals surface area contributed by atoms with Gasteiger partial charge in [0.05, 0.1) is 0 Å². The second-order valence-electron chi connectivity index (χ2n) is 6.22. The number of amides is 1. The van der Waals surface area contributed by atoms with Gasteiger partial charge in [0.15, 0.2) is 0 Å². The van der Waals surface area contributed by atoms with Crippen molar-refractivity contribution in [2.75, 3.05) is 13.1 Å². The van der Waals surface area contributed by atoms with Crippen LogP contribution in [0.25, 0.3) is 11.4 Å². The Morgan fingerprint density at radius 3 is 3.08 bits per heavy atom. The van der Waals surface area contributed by atoms with Gasteiger partial charge in [-0.3, -0.25) is 4.79 Å². The van der Waals surface area contributed by atoms with Crippen LogP contribution in [-0.2, 0) is 11.2 Å². The number of carbonyl (C=O) groups excluding carboxylic acids is 1. The third kappa shape index (κ3) is 3.79. The first-order valence-electron chi connectivity index (χ1n) is 8.15. The summed E-state index contributed by atoms with van der Waals surface area (Å²) in [7, 11) is 0. The molecule has 1 amide bonds. The molecule has 1 aromatic carbocycles. The van der Waals surface area contributed by atoms with Gasteiger partial charge in [0.1, 0.15) is 5.82 Å². The zero-order valence-electron chi connectivity index (χ0n) is 13.7. The minimum Gasteiger partial charge on any atom is -0.341 e. The zero-order valence-corrected chi connectivity index (χ0v) is 13.7. The van der Waals surface area contributed by atoms with Crippen molar-refractivity contribution in [3.63, 3.8) is 0 Å². The number of halogens is 1. The third-order valence-electron chi connectivity index (χ3n) is 4.25. The molecule has 1 aliphatic heterocycles. The Bertz CT molecular complexity index is 731. The summed E-state index contributed by atoms with van der Waals surface area (Å²) in [5.74, 6) is 0.595. The summed E-state index contributed by atoms with van der Waals surface area (Å²) in [6.45, 7) is 3.06. The molecule has 1 fully saturated rings. The largest absolute Gasteiger partial charge is 0.341 e. The molecule has 128 valence electrons. The number of aryl methyl sites for hydroxylation is 2. The van der Waals surface area contributed by atoms with E-state index in [1.807, 2.05) is 0 Å². The predicted molar refractivity (Wildman–Crippen MR) is 86.5 cm³/mol. The van der Waals surface area contributed by atoms with Crippen molar-refractivity contribution in [1.82, 2.24) is 15.0 Å². The summed E-state index contributed by atoms with van der Waals surface area (Å²) >= 11 is 0. The highest BCUT2D eigenvalue weighted by atomic mass is 19.1. The molecular formula is C17H21FN4O2. The molecule has 2 aromatic rings. The number of likely N-dealkylation sites (tertiary alicyclic amines) is 1. The van der Waals surface area contributed by atoms with Crippen molar-refractivity contribution in [2.45, 2.75) is 38.6 Å². The van der Waals surface area contributed by atoms with Gasteiger partial charge in [-0.05, 0) is 43.5 Å². The quantitative estimate of drug-likeness (QED) is 0.926. The molecule has 1 aliphatic rings. The van der Waals surface area contributed by atoms with Gasteiger partial charge >= 0.3 is 0 Å². The Kier molecular flexibility index (Phi) is 4.89. The van der Waals surface area contributed by atoms with Gasteiger partial charge in [-0.2, -0.15) is 4.98 Å². The molecule has 1 atom stereocenters. The van der Waals surface area contributed by atoms with Crippen LogP contribution in [0.5, 0.6) is 0 Å². The molecule has 24 heavy (non-hydrogen) atoms. The smallest absolute Gasteiger partial charge is 0.227 e. The molecule has 3 rings (SSSR count). The fourth-order valence-corrected chi connectivity index (χ4v) is 2.87. The van der Waals surface area contributed by atoms with Gasteiger partial charge < -0.3 is 15.2 Å². The molecule has 2 N–H and O–H groups in total. The van der Waals surface area contributed by atoms with Gasteiger partial charge in [0.25, 0.3) is 0 Å². The van der Waals surface area contributed by atoms with Gasteiger partial charge in [-0.25, -0.2) is 4.39 Å². The number of rotatable bonds is 4. The van der Waals surface area contributed by atoms with Gasteiger partial charge in [-0.1, -0.05) is 5.16 Å². The number of aromatic nitrogens is 2. The first kappa shape index (κ1) is 16.6. The third-order valence-corrected chi connectivity index (χ3v) is 4.25. The maximum atomic E-state index is 13.3. The Morgan fingerprint density at radius 2 is 2.33 bits per heavy atom. The maximum Gasteiger partial charge on any atom is 0.227 e. The molecular weight excluding hydrogens is 311 g/mol. The van der Waals surface area contributed by atoms with E-state index in [2.05, 4.69) is 10.1 Å². The molecule has 0 radical (unpaired) electrons. The van der Waals surface area contributed by atoms with Crippen molar-refractivity contribution in [2.24, 2.45) is 5.73 Å². The van der Waals surface area contributed by atoms with E-state index in [4.69, 9.17) is 10.3 Å². The highest BCUT2D eigenvalue weighted by Gasteiger charge is 2.21. The van der Waals surface area contributed by atoms with Gasteiger partial charge in [0, 0.05) is 37.5 Å². The molecule has 7 heteroatoms. The second kappa shape index (κ2) is 7.09. The standard InChI is InChI=1S/C17H21FN4O2/c1-11-9-12(4-5-14(11)18)17-20-15(24-21-17)6-7-16(23)22-8-2-3-13(19)10-22/h4-5,9,13H,2-3,6-8,10,19H2,1H3. The molecule has 1 aromatic heterocycles. The highest BCUT2D eigenvalue weighted by molar-refractivity contribution is 5.76. The van der Waals surface area contributed by atoms with E-state index in [0.717, 1.165) is 19.4 Å². The predicted octanol–water partition coefficient (Wildman–Crippen LogP) is 2.07. The van der Waals surface area contributed by atoms with Crippen LogP contribution in [0.4, 0.5) is 4.39 Å². The van der Waals surface area contributed by atoms with Crippen LogP contribution in [0, 0.1) is 12.7 Å². The number of nitrogens with two attached hydrogens (primary N) is 1. The number of piperidine rings is 1. The van der Waals surface area contributed by atoms with E-state index in [1.54, 1.807) is 24.0 Å².